The van der Waals surface area contributed by atoms with Crippen molar-refractivity contribution in [2.24, 2.45) is 0 Å². The number of hydrogen-bond donors (Lipinski definition) is 2. The summed E-state index contributed by atoms with van der Waals surface area (Å²) in [5, 5.41) is 8.51. The highest BCUT2D eigenvalue weighted by Gasteiger charge is 2.35. The molecule has 0 fully saturated rings. The first-order valence-corrected chi connectivity index (χ1v) is 9.20. The first-order chi connectivity index (χ1) is 15.1. The van der Waals surface area contributed by atoms with E-state index in [0.29, 0.717) is 17.5 Å². The fourth-order valence-electron chi connectivity index (χ4n) is 3.01. The van der Waals surface area contributed by atoms with Gasteiger partial charge >= 0.3 is 6.18 Å². The second-order valence-electron chi connectivity index (χ2n) is 6.83. The van der Waals surface area contributed by atoms with Crippen LogP contribution < -0.4 is 10.6 Å². The molecule has 0 spiro atoms. The zero-order valence-electron chi connectivity index (χ0n) is 16.7. The van der Waals surface area contributed by atoms with Gasteiger partial charge in [-0.05, 0) is 50.2 Å². The summed E-state index contributed by atoms with van der Waals surface area (Å²) in [5.41, 5.74) is -0.485. The summed E-state index contributed by atoms with van der Waals surface area (Å²) in [5.74, 6) is -1.90. The van der Waals surface area contributed by atoms with Crippen molar-refractivity contribution >= 4 is 29.0 Å². The largest absolute Gasteiger partial charge is 0.459 e. The number of nitrogens with one attached hydrogen (secondary N) is 2. The molecular formula is C20H15F3N6O3. The fourth-order valence-corrected chi connectivity index (χ4v) is 3.01. The number of carbonyl (C=O) groups excluding carboxylic acids is 2. The Hall–Kier alpha value is -4.22. The molecule has 0 saturated carbocycles. The minimum absolute atomic E-state index is 0.0620. The standard InChI is InChI=1S/C20H15F3N6O3/c1-10-8-11(2)29-19(24-10)27-16(28-29)18(31)26-14-6-5-12(9-13(14)20(21,22)23)25-17(30)15-4-3-7-32-15/h3-9H,1-2H3,(H,25,30)(H,26,31). The number of aromatic nitrogens is 4. The van der Waals surface area contributed by atoms with E-state index >= 15 is 0 Å². The Morgan fingerprint density at radius 1 is 1.03 bits per heavy atom. The van der Waals surface area contributed by atoms with E-state index in [9.17, 15) is 22.8 Å². The number of rotatable bonds is 4. The molecule has 3 heterocycles. The molecular weight excluding hydrogens is 429 g/mol. The van der Waals surface area contributed by atoms with E-state index in [2.05, 4.69) is 25.7 Å². The van der Waals surface area contributed by atoms with Crippen LogP contribution in [0.4, 0.5) is 24.5 Å². The Kier molecular flexibility index (Phi) is 5.12. The molecule has 0 aliphatic carbocycles. The van der Waals surface area contributed by atoms with E-state index in [1.807, 2.05) is 0 Å². The van der Waals surface area contributed by atoms with Gasteiger partial charge in [-0.2, -0.15) is 18.2 Å². The number of furan rings is 1. The Bertz CT molecular complexity index is 1330. The number of carbonyl (C=O) groups is 2. The Labute approximate surface area is 178 Å². The van der Waals surface area contributed by atoms with E-state index in [0.717, 1.165) is 6.07 Å². The third-order valence-electron chi connectivity index (χ3n) is 4.40. The molecule has 0 aliphatic heterocycles. The molecule has 0 saturated heterocycles. The van der Waals surface area contributed by atoms with Crippen LogP contribution in [0.1, 0.15) is 38.1 Å². The van der Waals surface area contributed by atoms with Gasteiger partial charge in [0.25, 0.3) is 17.6 Å². The molecule has 0 aliphatic rings. The lowest BCUT2D eigenvalue weighted by molar-refractivity contribution is -0.136. The first kappa shape index (κ1) is 21.0. The highest BCUT2D eigenvalue weighted by molar-refractivity contribution is 6.04. The zero-order chi connectivity index (χ0) is 23.0. The van der Waals surface area contributed by atoms with Crippen LogP contribution in [0.15, 0.2) is 47.1 Å². The maximum Gasteiger partial charge on any atom is 0.418 e. The maximum absolute atomic E-state index is 13.6. The lowest BCUT2D eigenvalue weighted by Crippen LogP contribution is -2.19. The molecule has 1 aromatic carbocycles. The van der Waals surface area contributed by atoms with Crippen LogP contribution >= 0.6 is 0 Å². The van der Waals surface area contributed by atoms with Gasteiger partial charge in [0, 0.05) is 17.1 Å². The molecule has 0 radical (unpaired) electrons. The number of halogens is 3. The average Bonchev–Trinajstić information content (AvgIpc) is 3.38. The summed E-state index contributed by atoms with van der Waals surface area (Å²) < 4.78 is 47.1. The monoisotopic (exact) mass is 444 g/mol. The van der Waals surface area contributed by atoms with Crippen LogP contribution in [0.25, 0.3) is 5.78 Å². The van der Waals surface area contributed by atoms with Gasteiger partial charge in [-0.3, -0.25) is 9.59 Å². The number of anilines is 2. The van der Waals surface area contributed by atoms with Crippen LogP contribution in [0.2, 0.25) is 0 Å². The normalized spacial score (nSPS) is 11.5. The van der Waals surface area contributed by atoms with E-state index < -0.39 is 29.2 Å². The smallest absolute Gasteiger partial charge is 0.418 e. The molecule has 32 heavy (non-hydrogen) atoms. The molecule has 0 bridgehead atoms. The van der Waals surface area contributed by atoms with Crippen LogP contribution in [0.5, 0.6) is 0 Å². The van der Waals surface area contributed by atoms with Gasteiger partial charge in [-0.25, -0.2) is 9.50 Å². The summed E-state index contributed by atoms with van der Waals surface area (Å²) in [7, 11) is 0. The van der Waals surface area contributed by atoms with Crippen LogP contribution in [0.3, 0.4) is 0 Å². The second kappa shape index (κ2) is 7.80. The van der Waals surface area contributed by atoms with Crippen molar-refractivity contribution in [3.63, 3.8) is 0 Å². The van der Waals surface area contributed by atoms with Crippen molar-refractivity contribution in [1.29, 1.82) is 0 Å². The highest BCUT2D eigenvalue weighted by atomic mass is 19.4. The molecule has 4 aromatic rings. The quantitative estimate of drug-likeness (QED) is 0.494. The summed E-state index contributed by atoms with van der Waals surface area (Å²) in [6.07, 6.45) is -3.55. The summed E-state index contributed by atoms with van der Waals surface area (Å²) in [4.78, 5) is 32.7. The average molecular weight is 444 g/mol. The van der Waals surface area contributed by atoms with Gasteiger partial charge in [-0.1, -0.05) is 0 Å². The van der Waals surface area contributed by atoms with Gasteiger partial charge in [-0.15, -0.1) is 5.10 Å². The van der Waals surface area contributed by atoms with E-state index in [4.69, 9.17) is 4.42 Å². The number of fused-ring (bicyclic) bond motifs is 1. The Morgan fingerprint density at radius 3 is 2.50 bits per heavy atom. The molecule has 3 aromatic heterocycles. The predicted octanol–water partition coefficient (Wildman–Crippen LogP) is 3.86. The van der Waals surface area contributed by atoms with Gasteiger partial charge in [0.05, 0.1) is 17.5 Å². The molecule has 4 rings (SSSR count). The molecule has 0 atom stereocenters. The predicted molar refractivity (Wildman–Crippen MR) is 106 cm³/mol. The van der Waals surface area contributed by atoms with Crippen LogP contribution in [-0.2, 0) is 6.18 Å². The van der Waals surface area contributed by atoms with Crippen molar-refractivity contribution in [2.75, 3.05) is 10.6 Å². The third-order valence-corrected chi connectivity index (χ3v) is 4.40. The topological polar surface area (TPSA) is 114 Å². The first-order valence-electron chi connectivity index (χ1n) is 9.20. The minimum atomic E-state index is -4.81. The summed E-state index contributed by atoms with van der Waals surface area (Å²) in [6.45, 7) is 3.47. The highest BCUT2D eigenvalue weighted by Crippen LogP contribution is 2.37. The lowest BCUT2D eigenvalue weighted by atomic mass is 10.1. The third kappa shape index (κ3) is 4.15. The van der Waals surface area contributed by atoms with Crippen LogP contribution in [0, 0.1) is 13.8 Å². The van der Waals surface area contributed by atoms with Gasteiger partial charge in [0.15, 0.2) is 5.76 Å². The molecule has 0 unspecified atom stereocenters. The number of hydrogen-bond acceptors (Lipinski definition) is 6. The Morgan fingerprint density at radius 2 is 1.81 bits per heavy atom. The SMILES string of the molecule is Cc1cc(C)n2nc(C(=O)Nc3ccc(NC(=O)c4ccco4)cc3C(F)(F)F)nc2n1. The van der Waals surface area contributed by atoms with Gasteiger partial charge in [0.1, 0.15) is 0 Å². The van der Waals surface area contributed by atoms with Gasteiger partial charge < -0.3 is 15.1 Å². The number of amides is 2. The van der Waals surface area contributed by atoms with E-state index in [1.165, 1.54) is 29.0 Å². The van der Waals surface area contributed by atoms with E-state index in [1.54, 1.807) is 19.9 Å². The van der Waals surface area contributed by atoms with Crippen molar-refractivity contribution in [3.8, 4) is 0 Å². The van der Waals surface area contributed by atoms with Crippen molar-refractivity contribution < 1.29 is 27.2 Å². The van der Waals surface area contributed by atoms with Gasteiger partial charge in [0.2, 0.25) is 5.82 Å². The van der Waals surface area contributed by atoms with Crippen molar-refractivity contribution in [2.45, 2.75) is 20.0 Å². The number of nitrogens with zero attached hydrogens (tertiary/aromatic N) is 4. The van der Waals surface area contributed by atoms with Crippen molar-refractivity contribution in [3.05, 3.63) is 71.2 Å². The molecule has 12 heteroatoms. The minimum Gasteiger partial charge on any atom is -0.459 e. The molecule has 2 amide bonds. The van der Waals surface area contributed by atoms with Crippen LogP contribution in [-0.4, -0.2) is 31.4 Å². The van der Waals surface area contributed by atoms with Crippen molar-refractivity contribution in [1.82, 2.24) is 19.6 Å². The number of alkyl halides is 3. The Balaban J connectivity index is 1.62. The zero-order valence-corrected chi connectivity index (χ0v) is 16.7. The molecule has 9 nitrogen and oxygen atoms in total. The lowest BCUT2D eigenvalue weighted by Gasteiger charge is -2.15. The summed E-state index contributed by atoms with van der Waals surface area (Å²) >= 11 is 0. The number of aryl methyl sites for hydroxylation is 2. The summed E-state index contributed by atoms with van der Waals surface area (Å²) in [6, 6.07) is 7.53. The number of benzene rings is 1. The van der Waals surface area contributed by atoms with E-state index in [-0.39, 0.29) is 23.0 Å². The second-order valence-corrected chi connectivity index (χ2v) is 6.83. The molecule has 164 valence electrons. The maximum atomic E-state index is 13.6. The molecule has 2 N–H and O–H groups in total. The fraction of sp³-hybridized carbons (Fsp3) is 0.150.